The first-order valence-electron chi connectivity index (χ1n) is 11.3. The van der Waals surface area contributed by atoms with Crippen LogP contribution in [0.3, 0.4) is 0 Å². The lowest BCUT2D eigenvalue weighted by atomic mass is 10.1. The van der Waals surface area contributed by atoms with Crippen LogP contribution in [0.1, 0.15) is 43.0 Å². The van der Waals surface area contributed by atoms with E-state index < -0.39 is 10.0 Å². The Bertz CT molecular complexity index is 1060. The molecule has 0 spiro atoms. The van der Waals surface area contributed by atoms with Gasteiger partial charge in [0.15, 0.2) is 0 Å². The van der Waals surface area contributed by atoms with Gasteiger partial charge in [-0.3, -0.25) is 4.79 Å². The van der Waals surface area contributed by atoms with Gasteiger partial charge in [-0.15, -0.1) is 0 Å². The number of benzene rings is 2. The molecule has 2 atom stereocenters. The number of piperidine rings is 1. The van der Waals surface area contributed by atoms with Gasteiger partial charge in [0.2, 0.25) is 10.0 Å². The molecule has 1 N–H and O–H groups in total. The summed E-state index contributed by atoms with van der Waals surface area (Å²) in [6, 6.07) is 12.7. The molecule has 8 heteroatoms. The van der Waals surface area contributed by atoms with Gasteiger partial charge in [0.25, 0.3) is 5.91 Å². The number of carbonyl (C=O) groups is 1. The van der Waals surface area contributed by atoms with Gasteiger partial charge in [-0.05, 0) is 74.6 Å². The Labute approximate surface area is 189 Å². The summed E-state index contributed by atoms with van der Waals surface area (Å²) in [7, 11) is -3.62. The van der Waals surface area contributed by atoms with Crippen LogP contribution in [0.2, 0.25) is 0 Å². The van der Waals surface area contributed by atoms with E-state index in [9.17, 15) is 17.6 Å². The summed E-state index contributed by atoms with van der Waals surface area (Å²) in [5.41, 5.74) is 1.33. The Kier molecular flexibility index (Phi) is 6.81. The summed E-state index contributed by atoms with van der Waals surface area (Å²) in [6.07, 6.45) is 3.68. The number of anilines is 1. The minimum Gasteiger partial charge on any atom is -0.371 e. The number of nitrogens with zero attached hydrogens (tertiary/aromatic N) is 2. The largest absolute Gasteiger partial charge is 0.371 e. The normalized spacial score (nSPS) is 22.1. The van der Waals surface area contributed by atoms with Gasteiger partial charge in [0, 0.05) is 43.5 Å². The van der Waals surface area contributed by atoms with Crippen molar-refractivity contribution in [2.24, 2.45) is 5.92 Å². The molecule has 2 aromatic rings. The van der Waals surface area contributed by atoms with E-state index in [1.165, 1.54) is 18.2 Å². The standard InChI is InChI=1S/C24H30FN3O3S/c1-18-5-2-3-13-28(18)32(30,31)23-7-4-6-20(15-23)24(29)26-16-19-12-14-27(17-19)22-10-8-21(25)9-11-22/h4,6-11,15,18-19H,2-3,5,12-14,16-17H2,1H3,(H,26,29). The molecular formula is C24H30FN3O3S. The van der Waals surface area contributed by atoms with E-state index in [0.717, 1.165) is 44.5 Å². The fourth-order valence-corrected chi connectivity index (χ4v) is 6.33. The molecule has 0 aliphatic carbocycles. The van der Waals surface area contributed by atoms with Crippen molar-refractivity contribution in [1.29, 1.82) is 0 Å². The maximum atomic E-state index is 13.1. The van der Waals surface area contributed by atoms with Crippen molar-refractivity contribution in [1.82, 2.24) is 9.62 Å². The fraction of sp³-hybridized carbons (Fsp3) is 0.458. The zero-order valence-electron chi connectivity index (χ0n) is 18.3. The van der Waals surface area contributed by atoms with Crippen LogP contribution in [0.25, 0.3) is 0 Å². The molecule has 6 nitrogen and oxygen atoms in total. The van der Waals surface area contributed by atoms with E-state index in [4.69, 9.17) is 0 Å². The molecule has 0 aromatic heterocycles. The lowest BCUT2D eigenvalue weighted by Crippen LogP contribution is -2.42. The van der Waals surface area contributed by atoms with Crippen molar-refractivity contribution >= 4 is 21.6 Å². The first-order chi connectivity index (χ1) is 15.3. The number of hydrogen-bond acceptors (Lipinski definition) is 4. The summed E-state index contributed by atoms with van der Waals surface area (Å²) < 4.78 is 40.9. The highest BCUT2D eigenvalue weighted by molar-refractivity contribution is 7.89. The number of halogens is 1. The van der Waals surface area contributed by atoms with E-state index in [2.05, 4.69) is 10.2 Å². The molecule has 4 rings (SSSR count). The van der Waals surface area contributed by atoms with Gasteiger partial charge in [-0.2, -0.15) is 4.31 Å². The molecule has 1 amide bonds. The molecule has 2 unspecified atom stereocenters. The van der Waals surface area contributed by atoms with Gasteiger partial charge in [-0.1, -0.05) is 12.5 Å². The van der Waals surface area contributed by atoms with E-state index in [-0.39, 0.29) is 28.6 Å². The van der Waals surface area contributed by atoms with E-state index in [1.807, 2.05) is 6.92 Å². The lowest BCUT2D eigenvalue weighted by Gasteiger charge is -2.32. The molecule has 0 bridgehead atoms. The quantitative estimate of drug-likeness (QED) is 0.716. The number of nitrogens with one attached hydrogen (secondary N) is 1. The summed E-state index contributed by atoms with van der Waals surface area (Å²) in [5.74, 6) is -0.241. The van der Waals surface area contributed by atoms with E-state index in [1.54, 1.807) is 34.6 Å². The van der Waals surface area contributed by atoms with Crippen molar-refractivity contribution in [2.45, 2.75) is 43.5 Å². The number of hydrogen-bond donors (Lipinski definition) is 1. The highest BCUT2D eigenvalue weighted by Gasteiger charge is 2.31. The lowest BCUT2D eigenvalue weighted by molar-refractivity contribution is 0.0948. The molecule has 2 aliphatic heterocycles. The van der Waals surface area contributed by atoms with E-state index >= 15 is 0 Å². The zero-order valence-corrected chi connectivity index (χ0v) is 19.2. The van der Waals surface area contributed by atoms with Crippen molar-refractivity contribution < 1.29 is 17.6 Å². The molecule has 2 aromatic carbocycles. The molecule has 0 saturated carbocycles. The second-order valence-corrected chi connectivity index (χ2v) is 10.7. The molecule has 172 valence electrons. The minimum absolute atomic E-state index is 0.0300. The van der Waals surface area contributed by atoms with Crippen LogP contribution in [0.4, 0.5) is 10.1 Å². The van der Waals surface area contributed by atoms with Gasteiger partial charge in [0.1, 0.15) is 5.82 Å². The maximum Gasteiger partial charge on any atom is 0.251 e. The third kappa shape index (κ3) is 4.96. The van der Waals surface area contributed by atoms with Crippen LogP contribution >= 0.6 is 0 Å². The fourth-order valence-electron chi connectivity index (χ4n) is 4.59. The predicted octanol–water partition coefficient (Wildman–Crippen LogP) is 3.65. The SMILES string of the molecule is CC1CCCCN1S(=O)(=O)c1cccc(C(=O)NCC2CCN(c3ccc(F)cc3)C2)c1. The topological polar surface area (TPSA) is 69.7 Å². The monoisotopic (exact) mass is 459 g/mol. The van der Waals surface area contributed by atoms with Crippen molar-refractivity contribution in [3.63, 3.8) is 0 Å². The summed E-state index contributed by atoms with van der Waals surface area (Å²) in [5, 5.41) is 2.95. The maximum absolute atomic E-state index is 13.1. The summed E-state index contributed by atoms with van der Waals surface area (Å²) >= 11 is 0. The molecule has 2 aliphatic rings. The van der Waals surface area contributed by atoms with Gasteiger partial charge < -0.3 is 10.2 Å². The average Bonchev–Trinajstić information content (AvgIpc) is 3.27. The van der Waals surface area contributed by atoms with Crippen molar-refractivity contribution in [3.05, 3.63) is 59.9 Å². The Morgan fingerprint density at radius 1 is 1.09 bits per heavy atom. The first-order valence-corrected chi connectivity index (χ1v) is 12.7. The van der Waals surface area contributed by atoms with Crippen LogP contribution < -0.4 is 10.2 Å². The van der Waals surface area contributed by atoms with Crippen LogP contribution in [0.15, 0.2) is 53.4 Å². The Balaban J connectivity index is 1.37. The number of amides is 1. The van der Waals surface area contributed by atoms with Crippen LogP contribution in [0.5, 0.6) is 0 Å². The Morgan fingerprint density at radius 2 is 1.88 bits per heavy atom. The Morgan fingerprint density at radius 3 is 2.62 bits per heavy atom. The van der Waals surface area contributed by atoms with Gasteiger partial charge >= 0.3 is 0 Å². The third-order valence-corrected chi connectivity index (χ3v) is 8.48. The molecular weight excluding hydrogens is 429 g/mol. The summed E-state index contributed by atoms with van der Waals surface area (Å²) in [6.45, 7) is 4.61. The van der Waals surface area contributed by atoms with Crippen molar-refractivity contribution in [2.75, 3.05) is 31.1 Å². The highest BCUT2D eigenvalue weighted by atomic mass is 32.2. The summed E-state index contributed by atoms with van der Waals surface area (Å²) in [4.78, 5) is 15.1. The second kappa shape index (κ2) is 9.58. The zero-order chi connectivity index (χ0) is 22.7. The molecule has 0 radical (unpaired) electrons. The van der Waals surface area contributed by atoms with Crippen LogP contribution in [0, 0.1) is 11.7 Å². The van der Waals surface area contributed by atoms with Crippen molar-refractivity contribution in [3.8, 4) is 0 Å². The smallest absolute Gasteiger partial charge is 0.251 e. The van der Waals surface area contributed by atoms with E-state index in [0.29, 0.717) is 18.7 Å². The average molecular weight is 460 g/mol. The number of sulfonamides is 1. The number of carbonyl (C=O) groups excluding carboxylic acids is 1. The molecule has 2 fully saturated rings. The number of rotatable bonds is 6. The van der Waals surface area contributed by atoms with Crippen LogP contribution in [-0.4, -0.2) is 50.9 Å². The Hall–Kier alpha value is -2.45. The highest BCUT2D eigenvalue weighted by Crippen LogP contribution is 2.26. The van der Waals surface area contributed by atoms with Gasteiger partial charge in [-0.25, -0.2) is 12.8 Å². The van der Waals surface area contributed by atoms with Gasteiger partial charge in [0.05, 0.1) is 4.90 Å². The second-order valence-electron chi connectivity index (χ2n) is 8.78. The molecule has 2 saturated heterocycles. The minimum atomic E-state index is -3.62. The first kappa shape index (κ1) is 22.7. The molecule has 32 heavy (non-hydrogen) atoms. The van der Waals surface area contributed by atoms with Crippen LogP contribution in [-0.2, 0) is 10.0 Å². The molecule has 2 heterocycles. The predicted molar refractivity (Wildman–Crippen MR) is 123 cm³/mol. The third-order valence-electron chi connectivity index (χ3n) is 6.47.